The Morgan fingerprint density at radius 2 is 1.93 bits per heavy atom. The minimum absolute atomic E-state index is 0.145. The average Bonchev–Trinajstić information content (AvgIpc) is 3.09. The van der Waals surface area contributed by atoms with E-state index in [4.69, 9.17) is 0 Å². The molecule has 0 fully saturated rings. The molecule has 0 aliphatic rings. The minimum atomic E-state index is -0.322. The van der Waals surface area contributed by atoms with Gasteiger partial charge in [-0.2, -0.15) is 5.10 Å². The summed E-state index contributed by atoms with van der Waals surface area (Å²) < 4.78 is 1.21. The summed E-state index contributed by atoms with van der Waals surface area (Å²) >= 11 is 0. The monoisotopic (exact) mass is 375 g/mol. The lowest BCUT2D eigenvalue weighted by atomic mass is 10.1. The SMILES string of the molecule is Cc1ccc2nc([C@H](C)NC(=O)Cn3nc(C)c4ccccc4c3=O)[nH]c2c1. The van der Waals surface area contributed by atoms with Crippen molar-refractivity contribution in [2.45, 2.75) is 33.4 Å². The van der Waals surface area contributed by atoms with Gasteiger partial charge in [-0.25, -0.2) is 9.67 Å². The Balaban J connectivity index is 1.54. The van der Waals surface area contributed by atoms with Gasteiger partial charge in [-0.3, -0.25) is 9.59 Å². The number of carbonyl (C=O) groups is 1. The van der Waals surface area contributed by atoms with Crippen molar-refractivity contribution in [2.24, 2.45) is 0 Å². The van der Waals surface area contributed by atoms with Gasteiger partial charge >= 0.3 is 0 Å². The summed E-state index contributed by atoms with van der Waals surface area (Å²) in [4.78, 5) is 32.9. The van der Waals surface area contributed by atoms with Crippen molar-refractivity contribution in [3.05, 3.63) is 69.9 Å². The Kier molecular flexibility index (Phi) is 4.43. The molecule has 0 saturated heterocycles. The van der Waals surface area contributed by atoms with Gasteiger partial charge in [0.2, 0.25) is 5.91 Å². The van der Waals surface area contributed by atoms with Crippen molar-refractivity contribution in [3.63, 3.8) is 0 Å². The first-order chi connectivity index (χ1) is 13.4. The van der Waals surface area contributed by atoms with Gasteiger partial charge in [0.15, 0.2) is 0 Å². The first-order valence-corrected chi connectivity index (χ1v) is 9.14. The van der Waals surface area contributed by atoms with Gasteiger partial charge in [0.05, 0.1) is 28.2 Å². The fraction of sp³-hybridized carbons (Fsp3) is 0.238. The molecule has 0 radical (unpaired) electrons. The van der Waals surface area contributed by atoms with Crippen molar-refractivity contribution >= 4 is 27.7 Å². The number of nitrogens with zero attached hydrogens (tertiary/aromatic N) is 3. The Hall–Kier alpha value is -3.48. The van der Waals surface area contributed by atoms with Crippen LogP contribution in [0.3, 0.4) is 0 Å². The molecule has 7 nitrogen and oxygen atoms in total. The van der Waals surface area contributed by atoms with E-state index in [-0.39, 0.29) is 24.1 Å². The summed E-state index contributed by atoms with van der Waals surface area (Å²) in [5.74, 6) is 0.373. The highest BCUT2D eigenvalue weighted by atomic mass is 16.2. The number of fused-ring (bicyclic) bond motifs is 2. The van der Waals surface area contributed by atoms with Crippen molar-refractivity contribution in [3.8, 4) is 0 Å². The smallest absolute Gasteiger partial charge is 0.275 e. The van der Waals surface area contributed by atoms with Gasteiger partial charge in [-0.1, -0.05) is 24.3 Å². The third-order valence-electron chi connectivity index (χ3n) is 4.79. The van der Waals surface area contributed by atoms with E-state index in [9.17, 15) is 9.59 Å². The standard InChI is InChI=1S/C21H21N5O2/c1-12-8-9-17-18(10-12)24-20(23-17)14(3)22-19(27)11-26-21(28)16-7-5-4-6-15(16)13(2)25-26/h4-10,14H,11H2,1-3H3,(H,22,27)(H,23,24)/t14-/m0/s1. The maximum atomic E-state index is 12.6. The summed E-state index contributed by atoms with van der Waals surface area (Å²) in [6, 6.07) is 12.9. The van der Waals surface area contributed by atoms with Gasteiger partial charge in [-0.15, -0.1) is 0 Å². The summed E-state index contributed by atoms with van der Waals surface area (Å²) in [5, 5.41) is 8.53. The van der Waals surface area contributed by atoms with Crippen LogP contribution in [0.25, 0.3) is 21.8 Å². The molecule has 0 saturated carbocycles. The Morgan fingerprint density at radius 1 is 1.18 bits per heavy atom. The first-order valence-electron chi connectivity index (χ1n) is 9.14. The topological polar surface area (TPSA) is 92.7 Å². The van der Waals surface area contributed by atoms with Crippen LogP contribution in [0.15, 0.2) is 47.3 Å². The summed E-state index contributed by atoms with van der Waals surface area (Å²) in [7, 11) is 0. The Morgan fingerprint density at radius 3 is 2.71 bits per heavy atom. The van der Waals surface area contributed by atoms with E-state index in [2.05, 4.69) is 20.4 Å². The van der Waals surface area contributed by atoms with E-state index in [1.165, 1.54) is 4.68 Å². The highest BCUT2D eigenvalue weighted by Gasteiger charge is 2.16. The molecule has 4 aromatic rings. The number of nitrogens with one attached hydrogen (secondary N) is 2. The third-order valence-corrected chi connectivity index (χ3v) is 4.79. The highest BCUT2D eigenvalue weighted by molar-refractivity contribution is 5.84. The minimum Gasteiger partial charge on any atom is -0.345 e. The molecule has 2 heterocycles. The first kappa shape index (κ1) is 17.9. The number of amides is 1. The Labute approximate surface area is 161 Å². The molecule has 0 aliphatic carbocycles. The molecular formula is C21H21N5O2. The number of aromatic nitrogens is 4. The maximum Gasteiger partial charge on any atom is 0.275 e. The normalized spacial score (nSPS) is 12.4. The van der Waals surface area contributed by atoms with E-state index in [0.29, 0.717) is 16.9 Å². The van der Waals surface area contributed by atoms with Gasteiger partial charge in [-0.05, 0) is 44.5 Å². The molecule has 1 atom stereocenters. The molecule has 2 aromatic heterocycles. The van der Waals surface area contributed by atoms with Gasteiger partial charge in [0.25, 0.3) is 5.56 Å². The molecule has 28 heavy (non-hydrogen) atoms. The van der Waals surface area contributed by atoms with Crippen LogP contribution in [0.5, 0.6) is 0 Å². The number of benzene rings is 2. The van der Waals surface area contributed by atoms with Crippen LogP contribution in [0.1, 0.15) is 30.0 Å². The number of H-pyrrole nitrogens is 1. The largest absolute Gasteiger partial charge is 0.345 e. The van der Waals surface area contributed by atoms with E-state index >= 15 is 0 Å². The maximum absolute atomic E-state index is 12.6. The number of rotatable bonds is 4. The fourth-order valence-electron chi connectivity index (χ4n) is 3.35. The predicted octanol–water partition coefficient (Wildman–Crippen LogP) is 2.77. The lowest BCUT2D eigenvalue weighted by Gasteiger charge is -2.13. The second-order valence-corrected chi connectivity index (χ2v) is 7.03. The molecule has 2 aromatic carbocycles. The summed E-state index contributed by atoms with van der Waals surface area (Å²) in [5.41, 5.74) is 3.35. The second kappa shape index (κ2) is 6.92. The Bertz CT molecular complexity index is 1250. The molecule has 7 heteroatoms. The molecule has 0 unspecified atom stereocenters. The highest BCUT2D eigenvalue weighted by Crippen LogP contribution is 2.17. The fourth-order valence-corrected chi connectivity index (χ4v) is 3.35. The zero-order valence-electron chi connectivity index (χ0n) is 16.0. The quantitative estimate of drug-likeness (QED) is 0.574. The lowest BCUT2D eigenvalue weighted by Crippen LogP contribution is -2.35. The zero-order valence-corrected chi connectivity index (χ0v) is 16.0. The number of hydrogen-bond donors (Lipinski definition) is 2. The zero-order chi connectivity index (χ0) is 19.8. The summed E-state index contributed by atoms with van der Waals surface area (Å²) in [6.45, 7) is 5.55. The van der Waals surface area contributed by atoms with Gasteiger partial charge in [0.1, 0.15) is 12.4 Å². The van der Waals surface area contributed by atoms with Crippen molar-refractivity contribution in [1.29, 1.82) is 0 Å². The summed E-state index contributed by atoms with van der Waals surface area (Å²) in [6.07, 6.45) is 0. The van der Waals surface area contributed by atoms with Crippen LogP contribution < -0.4 is 10.9 Å². The molecular weight excluding hydrogens is 354 g/mol. The lowest BCUT2D eigenvalue weighted by molar-refractivity contribution is -0.122. The molecule has 142 valence electrons. The van der Waals surface area contributed by atoms with E-state index in [0.717, 1.165) is 22.0 Å². The number of aromatic amines is 1. The van der Waals surface area contributed by atoms with Crippen molar-refractivity contribution < 1.29 is 4.79 Å². The second-order valence-electron chi connectivity index (χ2n) is 7.03. The van der Waals surface area contributed by atoms with Crippen LogP contribution >= 0.6 is 0 Å². The van der Waals surface area contributed by atoms with Crippen LogP contribution in [0.4, 0.5) is 0 Å². The number of imidazole rings is 1. The molecule has 2 N–H and O–H groups in total. The van der Waals surface area contributed by atoms with Crippen LogP contribution in [-0.4, -0.2) is 25.7 Å². The van der Waals surface area contributed by atoms with Crippen LogP contribution in [0.2, 0.25) is 0 Å². The number of carbonyl (C=O) groups excluding carboxylic acids is 1. The van der Waals surface area contributed by atoms with E-state index < -0.39 is 0 Å². The van der Waals surface area contributed by atoms with Gasteiger partial charge < -0.3 is 10.3 Å². The molecule has 0 spiro atoms. The van der Waals surface area contributed by atoms with E-state index in [1.54, 1.807) is 12.1 Å². The van der Waals surface area contributed by atoms with Crippen molar-refractivity contribution in [2.75, 3.05) is 0 Å². The molecule has 1 amide bonds. The average molecular weight is 375 g/mol. The molecule has 0 aliphatic heterocycles. The van der Waals surface area contributed by atoms with Crippen molar-refractivity contribution in [1.82, 2.24) is 25.1 Å². The predicted molar refractivity (Wildman–Crippen MR) is 108 cm³/mol. The van der Waals surface area contributed by atoms with Crippen LogP contribution in [-0.2, 0) is 11.3 Å². The third kappa shape index (κ3) is 3.26. The van der Waals surface area contributed by atoms with Crippen LogP contribution in [0, 0.1) is 13.8 Å². The molecule has 0 bridgehead atoms. The number of hydrogen-bond acceptors (Lipinski definition) is 4. The van der Waals surface area contributed by atoms with E-state index in [1.807, 2.05) is 51.1 Å². The number of aryl methyl sites for hydroxylation is 2. The van der Waals surface area contributed by atoms with Gasteiger partial charge in [0, 0.05) is 5.39 Å². The molecule has 4 rings (SSSR count).